The second-order valence-corrected chi connectivity index (χ2v) is 28.6. The number of aliphatic hydroxyl groups is 1. The van der Waals surface area contributed by atoms with Crippen molar-refractivity contribution in [3.63, 3.8) is 0 Å². The molecule has 2 aliphatic carbocycles. The number of hydrogen-bond donors (Lipinski definition) is 6. The molecule has 0 amide bonds. The number of nitrogens with zero attached hydrogens (tertiary/aromatic N) is 2. The minimum absolute atomic E-state index is 0. The first-order chi connectivity index (χ1) is 49.1. The van der Waals surface area contributed by atoms with Gasteiger partial charge in [0, 0.05) is 86.7 Å². The molecule has 21 heteroatoms. The molecule has 6 N–H and O–H groups in total. The number of hydrogen-bond acceptors (Lipinski definition) is 20. The summed E-state index contributed by atoms with van der Waals surface area (Å²) in [7, 11) is 0. The summed E-state index contributed by atoms with van der Waals surface area (Å²) in [5.41, 5.74) is -0.692. The van der Waals surface area contributed by atoms with Gasteiger partial charge in [0.15, 0.2) is 11.5 Å². The number of Topliss-reactive ketones (excluding diaryl/α,β-unsaturated/α-hetero) is 1. The van der Waals surface area contributed by atoms with E-state index in [0.717, 1.165) is 50.6 Å². The molecule has 105 heavy (non-hydrogen) atoms. The van der Waals surface area contributed by atoms with Gasteiger partial charge in [0.2, 0.25) is 34.1 Å². The number of phenolic OH excluding ortho intramolecular Hbond substituents is 4. The number of aromatic hydroxyl groups is 5. The molecule has 8 aromatic rings. The molecule has 1 saturated carbocycles. The quantitative estimate of drug-likeness (QED) is 0.0209. The van der Waals surface area contributed by atoms with Gasteiger partial charge in [-0.25, -0.2) is 0 Å². The SMILES string of the molecule is C1CCOC1.CC(C)CN(CC(C)C)c1cc(O)c(C2C([O-])C(c3ccccc3)C2[O-])c(O)c1.CC(C)CN(CC(C)C)c1cc(O)cc(O)c1.CC(C)OC1=C(OC(C)C)C(O)(c2ccccc2)C1=O.CC(C)Oc1c(OC(C)C)c(=O)c1=O.O=c1c(O)c(-c2ccccc2)c1=O.[Li+].[c-]1ccccc1. The smallest absolute Gasteiger partial charge is 0.851 e. The fourth-order valence-electron chi connectivity index (χ4n) is 11.6. The Hall–Kier alpha value is -8.87. The van der Waals surface area contributed by atoms with Crippen molar-refractivity contribution in [1.29, 1.82) is 0 Å². The molecule has 11 rings (SSSR count). The van der Waals surface area contributed by atoms with Gasteiger partial charge in [-0.15, -0.1) is 12.2 Å². The van der Waals surface area contributed by atoms with Crippen LogP contribution < -0.4 is 70.1 Å². The van der Waals surface area contributed by atoms with Gasteiger partial charge in [0.1, 0.15) is 23.0 Å². The van der Waals surface area contributed by atoms with Crippen LogP contribution in [0.15, 0.2) is 182 Å². The van der Waals surface area contributed by atoms with Gasteiger partial charge in [-0.2, -0.15) is 36.4 Å². The average molecular weight is 1440 g/mol. The van der Waals surface area contributed by atoms with Crippen LogP contribution >= 0.6 is 0 Å². The second kappa shape index (κ2) is 42.3. The summed E-state index contributed by atoms with van der Waals surface area (Å²) in [4.78, 5) is 60.5. The standard InChI is InChI=1S/C24H31NO4.C16H20O4.C14H23NO2.C10H14O4.C10H6O3.C6H5.C4H8O.Li/c1-14(2)12-25(13-15(3)4)17-10-18(26)21(19(27)11-17)22-23(28)20(24(22)29)16-8-6-5-7-9-16;1-10(2)19-13-14(17)16(18,15(13)20-11(3)4)12-8-6-5-7-9-12;1-10(2)8-15(9-11(3)4)12-5-13(16)7-14(17)6-12;1-5(2)13-9-7(11)8(12)10(9)14-6(3)4;11-8-7(9(12)10(8)13)6-4-2-1-3-5-6;1-2-4-6-5-3-1;1-2-4-5-3-1;/h5-11,14-15,20,22-24,26-27H,12-13H2,1-4H3;5-11,18H,1-4H3;5-7,10-11,16-17H,8-9H2,1-4H3;5-6H,1-4H3;1-5,11H;1-5H;1-4H2;/q-2;;;;;-1;;+1. The topological polar surface area (TPSA) is 305 Å². The van der Waals surface area contributed by atoms with E-state index < -0.39 is 62.9 Å². The summed E-state index contributed by atoms with van der Waals surface area (Å²) < 4.78 is 26.4. The fraction of sp³-hybridized carbons (Fsp3) is 0.440. The maximum Gasteiger partial charge on any atom is 1.00 e. The Morgan fingerprint density at radius 3 is 1.23 bits per heavy atom. The monoisotopic (exact) mass is 1440 g/mol. The molecule has 1 saturated heterocycles. The van der Waals surface area contributed by atoms with E-state index in [-0.39, 0.29) is 100 Å². The number of carbonyl (C=O) groups excluding carboxylic acids is 1. The minimum atomic E-state index is -1.73. The fourth-order valence-corrected chi connectivity index (χ4v) is 11.6. The third-order valence-electron chi connectivity index (χ3n) is 15.9. The molecule has 3 aliphatic rings. The third-order valence-corrected chi connectivity index (χ3v) is 15.9. The molecule has 1 heterocycles. The second-order valence-electron chi connectivity index (χ2n) is 28.6. The Kier molecular flexibility index (Phi) is 35.7. The minimum Gasteiger partial charge on any atom is -0.851 e. The zero-order valence-electron chi connectivity index (χ0n) is 64.0. The zero-order chi connectivity index (χ0) is 77.3. The largest absolute Gasteiger partial charge is 1.00 e. The molecule has 564 valence electrons. The number of anilines is 2. The Bertz CT molecular complexity index is 3940. The van der Waals surface area contributed by atoms with Crippen molar-refractivity contribution in [2.75, 3.05) is 49.2 Å². The van der Waals surface area contributed by atoms with E-state index in [9.17, 15) is 59.7 Å². The van der Waals surface area contributed by atoms with E-state index in [1.54, 1.807) is 119 Å². The summed E-state index contributed by atoms with van der Waals surface area (Å²) >= 11 is 0. The van der Waals surface area contributed by atoms with Gasteiger partial charge < -0.3 is 74.3 Å². The van der Waals surface area contributed by atoms with E-state index in [1.165, 1.54) is 18.9 Å². The molecule has 3 unspecified atom stereocenters. The Morgan fingerprint density at radius 2 is 0.876 bits per heavy atom. The normalized spacial score (nSPS) is 17.1. The molecule has 20 nitrogen and oxygen atoms in total. The van der Waals surface area contributed by atoms with E-state index >= 15 is 0 Å². The van der Waals surface area contributed by atoms with Gasteiger partial charge in [-0.05, 0) is 120 Å². The van der Waals surface area contributed by atoms with Crippen LogP contribution in [0.2, 0.25) is 0 Å². The van der Waals surface area contributed by atoms with Gasteiger partial charge >= 0.3 is 18.9 Å². The van der Waals surface area contributed by atoms with E-state index in [4.69, 9.17) is 28.8 Å². The number of ketones is 1. The van der Waals surface area contributed by atoms with Crippen LogP contribution in [-0.2, 0) is 24.6 Å². The molecule has 2 fully saturated rings. The number of benzene rings is 6. The molecule has 1 aliphatic heterocycles. The molecular formula is C84H107LiN2O18-2. The maximum absolute atomic E-state index is 12.8. The first-order valence-corrected chi connectivity index (χ1v) is 35.7. The van der Waals surface area contributed by atoms with Gasteiger partial charge in [0.25, 0.3) is 16.3 Å². The molecular weight excluding hydrogens is 1330 g/mol. The molecule has 0 spiro atoms. The Labute approximate surface area is 630 Å². The maximum atomic E-state index is 12.8. The molecule has 8 aromatic carbocycles. The number of ether oxygens (including phenoxy) is 5. The number of phenols is 4. The van der Waals surface area contributed by atoms with E-state index in [2.05, 4.69) is 71.3 Å². The summed E-state index contributed by atoms with van der Waals surface area (Å²) in [6.07, 6.45) is -0.394. The number of rotatable bonds is 22. The summed E-state index contributed by atoms with van der Waals surface area (Å²) in [5.74, 6) is -0.228. The first kappa shape index (κ1) is 88.5. The summed E-state index contributed by atoms with van der Waals surface area (Å²) in [6.45, 7) is 37.0. The molecule has 0 aromatic heterocycles. The summed E-state index contributed by atoms with van der Waals surface area (Å²) in [5, 5.41) is 85.9. The van der Waals surface area contributed by atoms with Crippen molar-refractivity contribution < 1.29 is 88.2 Å². The Morgan fingerprint density at radius 1 is 0.486 bits per heavy atom. The van der Waals surface area contributed by atoms with Crippen LogP contribution in [0.25, 0.3) is 11.1 Å². The van der Waals surface area contributed by atoms with Gasteiger partial charge in [0.05, 0.1) is 30.0 Å². The zero-order valence-corrected chi connectivity index (χ0v) is 64.0. The van der Waals surface area contributed by atoms with Crippen LogP contribution in [0.1, 0.15) is 152 Å². The van der Waals surface area contributed by atoms with Crippen molar-refractivity contribution in [2.45, 2.75) is 178 Å². The number of carbonyl (C=O) groups is 1. The van der Waals surface area contributed by atoms with Crippen LogP contribution in [0, 0.1) is 29.7 Å². The third kappa shape index (κ3) is 25.4. The molecule has 0 radical (unpaired) electrons. The van der Waals surface area contributed by atoms with Crippen molar-refractivity contribution in [3.8, 4) is 51.4 Å². The summed E-state index contributed by atoms with van der Waals surface area (Å²) in [6, 6.07) is 46.9. The van der Waals surface area contributed by atoms with E-state index in [1.807, 2.05) is 82.3 Å². The van der Waals surface area contributed by atoms with Crippen LogP contribution in [0.3, 0.4) is 0 Å². The van der Waals surface area contributed by atoms with Crippen LogP contribution in [0.5, 0.6) is 40.2 Å². The van der Waals surface area contributed by atoms with Gasteiger partial charge in [-0.1, -0.05) is 146 Å². The predicted molar refractivity (Wildman–Crippen MR) is 404 cm³/mol. The van der Waals surface area contributed by atoms with Crippen molar-refractivity contribution in [1.82, 2.24) is 0 Å². The van der Waals surface area contributed by atoms with Crippen molar-refractivity contribution in [2.24, 2.45) is 23.7 Å². The first-order valence-electron chi connectivity index (χ1n) is 35.7. The molecule has 0 bridgehead atoms. The van der Waals surface area contributed by atoms with Crippen LogP contribution in [0.4, 0.5) is 11.4 Å². The average Bonchev–Trinajstić information content (AvgIpc) is 1.02. The van der Waals surface area contributed by atoms with E-state index in [0.29, 0.717) is 40.5 Å². The Balaban J connectivity index is 0.000000273. The van der Waals surface area contributed by atoms with Crippen molar-refractivity contribution in [3.05, 3.63) is 227 Å². The van der Waals surface area contributed by atoms with Gasteiger partial charge in [-0.3, -0.25) is 24.0 Å². The van der Waals surface area contributed by atoms with Crippen LogP contribution in [-0.4, -0.2) is 112 Å². The molecule has 3 atom stereocenters. The van der Waals surface area contributed by atoms with Crippen molar-refractivity contribution >= 4 is 17.2 Å². The predicted octanol–water partition coefficient (Wildman–Crippen LogP) is 9.09.